The average molecular weight is 507 g/mol. The summed E-state index contributed by atoms with van der Waals surface area (Å²) in [6.07, 6.45) is 4.86. The zero-order valence-corrected chi connectivity index (χ0v) is 21.9. The van der Waals surface area contributed by atoms with Crippen molar-refractivity contribution >= 4 is 24.3 Å². The molecular formula is C27H39ClN2O5. The van der Waals surface area contributed by atoms with E-state index in [2.05, 4.69) is 10.2 Å². The molecule has 5 aliphatic rings. The van der Waals surface area contributed by atoms with Gasteiger partial charge in [-0.05, 0) is 82.8 Å². The van der Waals surface area contributed by atoms with Gasteiger partial charge in [0.15, 0.2) is 5.60 Å². The normalized spacial score (nSPS) is 32.0. The summed E-state index contributed by atoms with van der Waals surface area (Å²) in [7, 11) is 0. The van der Waals surface area contributed by atoms with Crippen LogP contribution in [0, 0.1) is 24.7 Å². The highest BCUT2D eigenvalue weighted by Crippen LogP contribution is 2.57. The lowest BCUT2D eigenvalue weighted by atomic mass is 9.52. The predicted octanol–water partition coefficient (Wildman–Crippen LogP) is 3.51. The van der Waals surface area contributed by atoms with Crippen LogP contribution in [0.1, 0.15) is 51.5 Å². The number of hydrogen-bond donors (Lipinski definition) is 1. The van der Waals surface area contributed by atoms with Crippen LogP contribution in [0.25, 0.3) is 0 Å². The van der Waals surface area contributed by atoms with Gasteiger partial charge < -0.3 is 19.5 Å². The van der Waals surface area contributed by atoms with E-state index in [0.29, 0.717) is 43.3 Å². The highest BCUT2D eigenvalue weighted by atomic mass is 35.5. The molecule has 0 radical (unpaired) electrons. The Morgan fingerprint density at radius 2 is 1.71 bits per heavy atom. The van der Waals surface area contributed by atoms with E-state index >= 15 is 0 Å². The van der Waals surface area contributed by atoms with E-state index in [1.165, 1.54) is 0 Å². The van der Waals surface area contributed by atoms with Crippen molar-refractivity contribution in [3.05, 3.63) is 29.8 Å². The molecule has 7 nitrogen and oxygen atoms in total. The molecule has 1 aromatic rings. The molecule has 194 valence electrons. The maximum atomic E-state index is 13.3. The fourth-order valence-corrected chi connectivity index (χ4v) is 6.80. The van der Waals surface area contributed by atoms with Gasteiger partial charge in [-0.2, -0.15) is 0 Å². The summed E-state index contributed by atoms with van der Waals surface area (Å²) in [6.45, 7) is 8.94. The third-order valence-electron chi connectivity index (χ3n) is 8.24. The predicted molar refractivity (Wildman–Crippen MR) is 135 cm³/mol. The minimum Gasteiger partial charge on any atom is -0.478 e. The number of carbonyl (C=O) groups excluding carboxylic acids is 2. The molecule has 1 amide bonds. The van der Waals surface area contributed by atoms with Gasteiger partial charge in [0.2, 0.25) is 0 Å². The number of hydrogen-bond acceptors (Lipinski definition) is 6. The highest BCUT2D eigenvalue weighted by Gasteiger charge is 2.58. The number of rotatable bonds is 7. The Kier molecular flexibility index (Phi) is 7.70. The van der Waals surface area contributed by atoms with Gasteiger partial charge in [0, 0.05) is 19.1 Å². The second-order valence-corrected chi connectivity index (χ2v) is 11.4. The third-order valence-corrected chi connectivity index (χ3v) is 8.24. The molecule has 5 atom stereocenters. The number of amides is 1. The molecule has 1 saturated heterocycles. The second kappa shape index (κ2) is 10.3. The fraction of sp³-hybridized carbons (Fsp3) is 0.704. The van der Waals surface area contributed by atoms with Crippen LogP contribution in [0.3, 0.4) is 0 Å². The Balaban J connectivity index is 0.00000289. The highest BCUT2D eigenvalue weighted by molar-refractivity contribution is 5.85. The van der Waals surface area contributed by atoms with E-state index in [1.807, 2.05) is 45.0 Å². The number of benzene rings is 1. The maximum absolute atomic E-state index is 13.3. The first-order valence-corrected chi connectivity index (χ1v) is 12.8. The van der Waals surface area contributed by atoms with E-state index in [1.54, 1.807) is 0 Å². The molecule has 4 aliphatic carbocycles. The molecule has 1 N–H and O–H groups in total. The summed E-state index contributed by atoms with van der Waals surface area (Å²) >= 11 is 0. The number of nitrogens with zero attached hydrogens (tertiary/aromatic N) is 1. The number of nitrogens with one attached hydrogen (secondary N) is 1. The number of halogens is 1. The fourth-order valence-electron chi connectivity index (χ4n) is 6.80. The van der Waals surface area contributed by atoms with Crippen molar-refractivity contribution in [2.24, 2.45) is 17.8 Å². The average Bonchev–Trinajstić information content (AvgIpc) is 2.77. The summed E-state index contributed by atoms with van der Waals surface area (Å²) in [5, 5.41) is 3.34. The summed E-state index contributed by atoms with van der Waals surface area (Å²) in [6, 6.07) is 7.91. The van der Waals surface area contributed by atoms with Crippen LogP contribution in [0.2, 0.25) is 0 Å². The number of carbonyl (C=O) groups is 2. The molecule has 35 heavy (non-hydrogen) atoms. The van der Waals surface area contributed by atoms with Crippen LogP contribution in [0.15, 0.2) is 24.3 Å². The van der Waals surface area contributed by atoms with Gasteiger partial charge in [-0.15, -0.1) is 12.4 Å². The minimum atomic E-state index is -0.966. The Bertz CT molecular complexity index is 899. The van der Waals surface area contributed by atoms with Crippen molar-refractivity contribution in [1.29, 1.82) is 0 Å². The Morgan fingerprint density at radius 3 is 2.34 bits per heavy atom. The van der Waals surface area contributed by atoms with Crippen LogP contribution < -0.4 is 10.1 Å². The Labute approximate surface area is 214 Å². The molecule has 0 spiro atoms. The molecule has 0 aromatic heterocycles. The Morgan fingerprint density at radius 1 is 1.09 bits per heavy atom. The molecule has 5 fully saturated rings. The van der Waals surface area contributed by atoms with Crippen molar-refractivity contribution < 1.29 is 23.8 Å². The summed E-state index contributed by atoms with van der Waals surface area (Å²) in [4.78, 5) is 28.2. The zero-order valence-electron chi connectivity index (χ0n) is 21.1. The standard InChI is InChI=1S/C27H38N2O5.ClH/c1-18-4-6-22(7-5-18)33-26(2,3)25(31)28-24-20-12-19-13-21(24)16-27(14-19,15-20)34-23(30)17-29-8-10-32-11-9-29;/h4-7,19-21,24H,8-17H2,1-3H3,(H,28,31);1H/t19?,20-,21+,24?,27?;. The largest absolute Gasteiger partial charge is 0.478 e. The van der Waals surface area contributed by atoms with Gasteiger partial charge in [0.1, 0.15) is 11.4 Å². The lowest BCUT2D eigenvalue weighted by Crippen LogP contribution is -2.64. The monoisotopic (exact) mass is 506 g/mol. The first-order chi connectivity index (χ1) is 16.2. The van der Waals surface area contributed by atoms with Crippen LogP contribution in [0.4, 0.5) is 0 Å². The van der Waals surface area contributed by atoms with Crippen LogP contribution in [-0.4, -0.2) is 66.9 Å². The molecule has 8 heteroatoms. The summed E-state index contributed by atoms with van der Waals surface area (Å²) in [5.41, 5.74) is -0.163. The van der Waals surface area contributed by atoms with Crippen LogP contribution >= 0.6 is 12.4 Å². The molecule has 3 unspecified atom stereocenters. The summed E-state index contributed by atoms with van der Waals surface area (Å²) in [5.74, 6) is 1.78. The van der Waals surface area contributed by atoms with Crippen molar-refractivity contribution in [2.75, 3.05) is 32.8 Å². The smallest absolute Gasteiger partial charge is 0.320 e. The van der Waals surface area contributed by atoms with Gasteiger partial charge in [0.05, 0.1) is 19.8 Å². The van der Waals surface area contributed by atoms with Crippen molar-refractivity contribution in [3.8, 4) is 5.75 Å². The second-order valence-electron chi connectivity index (χ2n) is 11.4. The van der Waals surface area contributed by atoms with E-state index in [-0.39, 0.29) is 35.9 Å². The maximum Gasteiger partial charge on any atom is 0.320 e. The van der Waals surface area contributed by atoms with Gasteiger partial charge >= 0.3 is 5.97 Å². The SMILES string of the molecule is Cc1ccc(OC(C)(C)C(=O)NC2[C@@H]3CC4C[C@H]2CC(OC(=O)CN2CCOCC2)(C4)C3)cc1.Cl. The van der Waals surface area contributed by atoms with Crippen LogP contribution in [0.5, 0.6) is 5.75 Å². The molecule has 1 aliphatic heterocycles. The topological polar surface area (TPSA) is 77.1 Å². The first-order valence-electron chi connectivity index (χ1n) is 12.8. The van der Waals surface area contributed by atoms with E-state index in [4.69, 9.17) is 14.2 Å². The molecule has 6 rings (SSSR count). The van der Waals surface area contributed by atoms with E-state index in [9.17, 15) is 9.59 Å². The van der Waals surface area contributed by atoms with E-state index in [0.717, 1.165) is 50.8 Å². The quantitative estimate of drug-likeness (QED) is 0.570. The van der Waals surface area contributed by atoms with Gasteiger partial charge in [-0.25, -0.2) is 0 Å². The van der Waals surface area contributed by atoms with E-state index < -0.39 is 5.60 Å². The molecule has 4 saturated carbocycles. The number of aryl methyl sites for hydroxylation is 1. The molecule has 4 bridgehead atoms. The van der Waals surface area contributed by atoms with Crippen molar-refractivity contribution in [2.45, 2.75) is 70.1 Å². The minimum absolute atomic E-state index is 0. The van der Waals surface area contributed by atoms with Gasteiger partial charge in [0.25, 0.3) is 5.91 Å². The molecule has 1 aromatic carbocycles. The molecule has 1 heterocycles. The third kappa shape index (κ3) is 5.78. The zero-order chi connectivity index (χ0) is 23.9. The van der Waals surface area contributed by atoms with Gasteiger partial charge in [-0.1, -0.05) is 17.7 Å². The number of morpholine rings is 1. The summed E-state index contributed by atoms with van der Waals surface area (Å²) < 4.78 is 17.6. The van der Waals surface area contributed by atoms with Crippen molar-refractivity contribution in [1.82, 2.24) is 10.2 Å². The Hall–Kier alpha value is -1.83. The number of ether oxygens (including phenoxy) is 3. The van der Waals surface area contributed by atoms with Crippen molar-refractivity contribution in [3.63, 3.8) is 0 Å². The first kappa shape index (κ1) is 26.2. The number of esters is 1. The lowest BCUT2D eigenvalue weighted by Gasteiger charge is -2.59. The molecular weight excluding hydrogens is 468 g/mol. The van der Waals surface area contributed by atoms with Gasteiger partial charge in [-0.3, -0.25) is 14.5 Å². The lowest BCUT2D eigenvalue weighted by molar-refractivity contribution is -0.193. The van der Waals surface area contributed by atoms with Crippen LogP contribution in [-0.2, 0) is 19.1 Å².